The number of nitrogens with zero attached hydrogens (tertiary/aromatic N) is 1. The summed E-state index contributed by atoms with van der Waals surface area (Å²) in [7, 11) is 0. The normalized spacial score (nSPS) is 11.5. The third-order valence-corrected chi connectivity index (χ3v) is 4.15. The van der Waals surface area contributed by atoms with Gasteiger partial charge >= 0.3 is 0 Å². The van der Waals surface area contributed by atoms with E-state index in [2.05, 4.69) is 10.5 Å². The number of benzene rings is 1. The monoisotopic (exact) mass is 338 g/mol. The molecule has 4 nitrogen and oxygen atoms in total. The Kier molecular flexibility index (Phi) is 5.53. The van der Waals surface area contributed by atoms with Crippen LogP contribution >= 0.6 is 23.4 Å². The van der Waals surface area contributed by atoms with Crippen molar-refractivity contribution in [3.05, 3.63) is 46.7 Å². The Morgan fingerprint density at radius 2 is 2.14 bits per heavy atom. The zero-order valence-electron chi connectivity index (χ0n) is 12.9. The van der Waals surface area contributed by atoms with Crippen LogP contribution in [0.25, 0.3) is 0 Å². The first kappa shape index (κ1) is 16.9. The molecule has 0 bridgehead atoms. The SMILES string of the molecule is CC(C)(C)c1cc(NC(=O)CSCc2cccc(Cl)c2)no1. The molecule has 0 aliphatic heterocycles. The summed E-state index contributed by atoms with van der Waals surface area (Å²) < 4.78 is 5.23. The second kappa shape index (κ2) is 7.20. The number of nitrogens with one attached hydrogen (secondary N) is 1. The Balaban J connectivity index is 1.80. The maximum atomic E-state index is 11.9. The molecule has 0 aliphatic rings. The molecule has 0 spiro atoms. The lowest BCUT2D eigenvalue weighted by atomic mass is 9.93. The Morgan fingerprint density at radius 1 is 1.36 bits per heavy atom. The molecule has 0 fully saturated rings. The van der Waals surface area contributed by atoms with E-state index in [4.69, 9.17) is 16.1 Å². The Morgan fingerprint density at radius 3 is 2.77 bits per heavy atom. The molecular formula is C16H19ClN2O2S. The maximum absolute atomic E-state index is 11.9. The van der Waals surface area contributed by atoms with E-state index in [9.17, 15) is 4.79 Å². The van der Waals surface area contributed by atoms with Crippen molar-refractivity contribution in [3.8, 4) is 0 Å². The van der Waals surface area contributed by atoms with Crippen LogP contribution in [-0.4, -0.2) is 16.8 Å². The van der Waals surface area contributed by atoms with Crippen LogP contribution in [0.2, 0.25) is 5.02 Å². The van der Waals surface area contributed by atoms with E-state index in [1.54, 1.807) is 6.07 Å². The van der Waals surface area contributed by atoms with Crippen molar-refractivity contribution in [2.45, 2.75) is 31.9 Å². The largest absolute Gasteiger partial charge is 0.359 e. The second-order valence-corrected chi connectivity index (χ2v) is 7.42. The van der Waals surface area contributed by atoms with Gasteiger partial charge in [-0.05, 0) is 17.7 Å². The van der Waals surface area contributed by atoms with Crippen LogP contribution in [0.3, 0.4) is 0 Å². The summed E-state index contributed by atoms with van der Waals surface area (Å²) in [5.41, 5.74) is 0.971. The molecule has 2 rings (SSSR count). The lowest BCUT2D eigenvalue weighted by Crippen LogP contribution is -2.14. The highest BCUT2D eigenvalue weighted by atomic mass is 35.5. The smallest absolute Gasteiger partial charge is 0.235 e. The van der Waals surface area contributed by atoms with E-state index in [1.807, 2.05) is 45.0 Å². The molecule has 2 aromatic rings. The maximum Gasteiger partial charge on any atom is 0.235 e. The summed E-state index contributed by atoms with van der Waals surface area (Å²) in [4.78, 5) is 11.9. The minimum Gasteiger partial charge on any atom is -0.359 e. The first-order valence-electron chi connectivity index (χ1n) is 6.94. The Labute approximate surface area is 139 Å². The zero-order chi connectivity index (χ0) is 16.2. The molecule has 0 radical (unpaired) electrons. The molecule has 0 aliphatic carbocycles. The second-order valence-electron chi connectivity index (χ2n) is 6.00. The molecule has 1 aromatic heterocycles. The van der Waals surface area contributed by atoms with Crippen LogP contribution in [0, 0.1) is 0 Å². The quantitative estimate of drug-likeness (QED) is 0.872. The molecule has 1 heterocycles. The molecule has 22 heavy (non-hydrogen) atoms. The molecule has 6 heteroatoms. The fraction of sp³-hybridized carbons (Fsp3) is 0.375. The van der Waals surface area contributed by atoms with Gasteiger partial charge in [-0.3, -0.25) is 4.79 Å². The number of rotatable bonds is 5. The Hall–Kier alpha value is -1.46. The number of halogens is 1. The van der Waals surface area contributed by atoms with Crippen LogP contribution in [0.4, 0.5) is 5.82 Å². The molecule has 0 saturated carbocycles. The summed E-state index contributed by atoms with van der Waals surface area (Å²) in [6.45, 7) is 6.08. The van der Waals surface area contributed by atoms with Gasteiger partial charge in [0.25, 0.3) is 0 Å². The number of hydrogen-bond donors (Lipinski definition) is 1. The predicted molar refractivity (Wildman–Crippen MR) is 91.4 cm³/mol. The van der Waals surface area contributed by atoms with E-state index < -0.39 is 0 Å². The van der Waals surface area contributed by atoms with Gasteiger partial charge in [-0.1, -0.05) is 49.7 Å². The molecule has 1 amide bonds. The summed E-state index contributed by atoms with van der Waals surface area (Å²) in [6, 6.07) is 9.39. The van der Waals surface area contributed by atoms with Gasteiger partial charge in [-0.2, -0.15) is 0 Å². The molecule has 1 N–H and O–H groups in total. The highest BCUT2D eigenvalue weighted by molar-refractivity contribution is 7.99. The van der Waals surface area contributed by atoms with Crippen molar-refractivity contribution in [1.29, 1.82) is 0 Å². The van der Waals surface area contributed by atoms with Gasteiger partial charge in [-0.15, -0.1) is 11.8 Å². The van der Waals surface area contributed by atoms with E-state index in [0.29, 0.717) is 16.6 Å². The minimum absolute atomic E-state index is 0.0965. The lowest BCUT2D eigenvalue weighted by Gasteiger charge is -2.12. The van der Waals surface area contributed by atoms with Crippen molar-refractivity contribution in [2.24, 2.45) is 0 Å². The molecular weight excluding hydrogens is 320 g/mol. The summed E-state index contributed by atoms with van der Waals surface area (Å²) >= 11 is 7.45. The third-order valence-electron chi connectivity index (χ3n) is 2.91. The van der Waals surface area contributed by atoms with Crippen molar-refractivity contribution in [3.63, 3.8) is 0 Å². The van der Waals surface area contributed by atoms with E-state index >= 15 is 0 Å². The van der Waals surface area contributed by atoms with Crippen molar-refractivity contribution in [1.82, 2.24) is 5.16 Å². The van der Waals surface area contributed by atoms with Gasteiger partial charge in [-0.25, -0.2) is 0 Å². The highest BCUT2D eigenvalue weighted by Gasteiger charge is 2.20. The summed E-state index contributed by atoms with van der Waals surface area (Å²) in [6.07, 6.45) is 0. The van der Waals surface area contributed by atoms with Crippen LogP contribution in [-0.2, 0) is 16.0 Å². The minimum atomic E-state index is -0.128. The number of thioether (sulfide) groups is 1. The van der Waals surface area contributed by atoms with Gasteiger partial charge in [0.1, 0.15) is 5.76 Å². The first-order valence-corrected chi connectivity index (χ1v) is 8.47. The average molecular weight is 339 g/mol. The van der Waals surface area contributed by atoms with Crippen LogP contribution in [0.1, 0.15) is 32.1 Å². The van der Waals surface area contributed by atoms with E-state index in [0.717, 1.165) is 17.1 Å². The fourth-order valence-corrected chi connectivity index (χ4v) is 2.74. The van der Waals surface area contributed by atoms with Crippen LogP contribution in [0.5, 0.6) is 0 Å². The van der Waals surface area contributed by atoms with E-state index in [1.165, 1.54) is 11.8 Å². The van der Waals surface area contributed by atoms with Gasteiger partial charge in [0.15, 0.2) is 5.82 Å². The van der Waals surface area contributed by atoms with Gasteiger partial charge < -0.3 is 9.84 Å². The van der Waals surface area contributed by atoms with Gasteiger partial charge in [0.2, 0.25) is 5.91 Å². The lowest BCUT2D eigenvalue weighted by molar-refractivity contribution is -0.113. The van der Waals surface area contributed by atoms with Gasteiger partial charge in [0.05, 0.1) is 5.75 Å². The number of carbonyl (C=O) groups excluding carboxylic acids is 1. The van der Waals surface area contributed by atoms with Gasteiger partial charge in [0, 0.05) is 22.3 Å². The number of amides is 1. The number of hydrogen-bond acceptors (Lipinski definition) is 4. The zero-order valence-corrected chi connectivity index (χ0v) is 14.4. The number of carbonyl (C=O) groups is 1. The number of anilines is 1. The molecule has 0 atom stereocenters. The fourth-order valence-electron chi connectivity index (χ4n) is 1.75. The molecule has 0 unspecified atom stereocenters. The van der Waals surface area contributed by atoms with Crippen LogP contribution in [0.15, 0.2) is 34.9 Å². The van der Waals surface area contributed by atoms with Crippen molar-refractivity contribution >= 4 is 35.1 Å². The standard InChI is InChI=1S/C16H19ClN2O2S/c1-16(2,3)13-8-14(19-21-13)18-15(20)10-22-9-11-5-4-6-12(17)7-11/h4-8H,9-10H2,1-3H3,(H,18,19,20). The van der Waals surface area contributed by atoms with Crippen LogP contribution < -0.4 is 5.32 Å². The molecule has 118 valence electrons. The summed E-state index contributed by atoms with van der Waals surface area (Å²) in [5, 5.41) is 7.32. The highest BCUT2D eigenvalue weighted by Crippen LogP contribution is 2.24. The third kappa shape index (κ3) is 5.07. The van der Waals surface area contributed by atoms with Crippen molar-refractivity contribution in [2.75, 3.05) is 11.1 Å². The predicted octanol–water partition coefficient (Wildman–Crippen LogP) is 4.50. The topological polar surface area (TPSA) is 55.1 Å². The summed E-state index contributed by atoms with van der Waals surface area (Å²) in [5.74, 6) is 2.19. The van der Waals surface area contributed by atoms with Crippen molar-refractivity contribution < 1.29 is 9.32 Å². The average Bonchev–Trinajstić information content (AvgIpc) is 2.87. The molecule has 1 aromatic carbocycles. The first-order chi connectivity index (χ1) is 10.3. The van der Waals surface area contributed by atoms with E-state index in [-0.39, 0.29) is 11.3 Å². The number of aromatic nitrogens is 1. The Bertz CT molecular complexity index is 650. The molecule has 0 saturated heterocycles.